The standard InChI is InChI=1S/C18H15FN2O2/c1-11(2)23-18-17(13-4-6-14(19)7-5-13)20-16-9-12(10-22)3-8-15(16)21-18/h3-11H,1-2H3. The van der Waals surface area contributed by atoms with Crippen LogP contribution in [-0.2, 0) is 0 Å². The number of aromatic nitrogens is 2. The number of hydrogen-bond donors (Lipinski definition) is 0. The minimum absolute atomic E-state index is 0.0739. The third kappa shape index (κ3) is 3.18. The molecular weight excluding hydrogens is 295 g/mol. The Morgan fingerprint density at radius 1 is 1.04 bits per heavy atom. The van der Waals surface area contributed by atoms with Gasteiger partial charge in [0, 0.05) is 11.1 Å². The van der Waals surface area contributed by atoms with Gasteiger partial charge in [-0.3, -0.25) is 4.79 Å². The molecule has 0 aliphatic heterocycles. The third-order valence-electron chi connectivity index (χ3n) is 3.26. The molecule has 0 amide bonds. The molecule has 3 aromatic rings. The lowest BCUT2D eigenvalue weighted by Gasteiger charge is -2.14. The van der Waals surface area contributed by atoms with E-state index in [0.29, 0.717) is 33.7 Å². The first-order valence-corrected chi connectivity index (χ1v) is 7.26. The molecule has 0 saturated heterocycles. The maximum absolute atomic E-state index is 13.2. The van der Waals surface area contributed by atoms with Crippen LogP contribution in [0, 0.1) is 5.82 Å². The lowest BCUT2D eigenvalue weighted by molar-refractivity contribution is 0.112. The van der Waals surface area contributed by atoms with Crippen molar-refractivity contribution < 1.29 is 13.9 Å². The number of fused-ring (bicyclic) bond motifs is 1. The molecule has 0 fully saturated rings. The van der Waals surface area contributed by atoms with Crippen LogP contribution in [0.15, 0.2) is 42.5 Å². The molecule has 5 heteroatoms. The van der Waals surface area contributed by atoms with E-state index in [9.17, 15) is 9.18 Å². The predicted molar refractivity (Wildman–Crippen MR) is 86.1 cm³/mol. The molecule has 0 aliphatic rings. The van der Waals surface area contributed by atoms with Crippen molar-refractivity contribution >= 4 is 17.3 Å². The Morgan fingerprint density at radius 3 is 2.43 bits per heavy atom. The second-order valence-electron chi connectivity index (χ2n) is 5.42. The summed E-state index contributed by atoms with van der Waals surface area (Å²) in [5.41, 5.74) is 2.97. The van der Waals surface area contributed by atoms with Crippen LogP contribution in [0.4, 0.5) is 4.39 Å². The van der Waals surface area contributed by atoms with E-state index in [1.165, 1.54) is 12.1 Å². The minimum Gasteiger partial charge on any atom is -0.473 e. The zero-order valence-corrected chi connectivity index (χ0v) is 12.8. The SMILES string of the molecule is CC(C)Oc1nc2ccc(C=O)cc2nc1-c1ccc(F)cc1. The normalized spacial score (nSPS) is 11.0. The molecular formula is C18H15FN2O2. The van der Waals surface area contributed by atoms with Crippen molar-refractivity contribution in [1.29, 1.82) is 0 Å². The lowest BCUT2D eigenvalue weighted by Crippen LogP contribution is -2.09. The first-order valence-electron chi connectivity index (χ1n) is 7.26. The summed E-state index contributed by atoms with van der Waals surface area (Å²) in [4.78, 5) is 20.0. The summed E-state index contributed by atoms with van der Waals surface area (Å²) < 4.78 is 18.9. The van der Waals surface area contributed by atoms with E-state index in [1.54, 1.807) is 30.3 Å². The fourth-order valence-electron chi connectivity index (χ4n) is 2.23. The summed E-state index contributed by atoms with van der Waals surface area (Å²) in [6, 6.07) is 11.1. The zero-order valence-electron chi connectivity index (χ0n) is 12.8. The molecule has 2 aromatic carbocycles. The zero-order chi connectivity index (χ0) is 16.4. The fourth-order valence-corrected chi connectivity index (χ4v) is 2.23. The number of hydrogen-bond acceptors (Lipinski definition) is 4. The van der Waals surface area contributed by atoms with Crippen LogP contribution >= 0.6 is 0 Å². The molecule has 0 N–H and O–H groups in total. The van der Waals surface area contributed by atoms with Gasteiger partial charge < -0.3 is 4.74 Å². The van der Waals surface area contributed by atoms with Gasteiger partial charge in [0.25, 0.3) is 0 Å². The van der Waals surface area contributed by atoms with Crippen LogP contribution in [0.3, 0.4) is 0 Å². The van der Waals surface area contributed by atoms with E-state index in [1.807, 2.05) is 13.8 Å². The Balaban J connectivity index is 2.22. The predicted octanol–water partition coefficient (Wildman–Crippen LogP) is 4.04. The first kappa shape index (κ1) is 15.1. The maximum Gasteiger partial charge on any atom is 0.241 e. The van der Waals surface area contributed by atoms with Gasteiger partial charge in [-0.05, 0) is 56.3 Å². The van der Waals surface area contributed by atoms with Crippen molar-refractivity contribution in [1.82, 2.24) is 9.97 Å². The van der Waals surface area contributed by atoms with Crippen LogP contribution in [-0.4, -0.2) is 22.4 Å². The fraction of sp³-hybridized carbons (Fsp3) is 0.167. The van der Waals surface area contributed by atoms with Gasteiger partial charge in [-0.25, -0.2) is 14.4 Å². The second-order valence-corrected chi connectivity index (χ2v) is 5.42. The van der Waals surface area contributed by atoms with Gasteiger partial charge in [-0.15, -0.1) is 0 Å². The maximum atomic E-state index is 13.2. The van der Waals surface area contributed by atoms with Crippen molar-refractivity contribution in [3.63, 3.8) is 0 Å². The summed E-state index contributed by atoms with van der Waals surface area (Å²) in [6.45, 7) is 3.80. The van der Waals surface area contributed by atoms with Crippen LogP contribution in [0.25, 0.3) is 22.3 Å². The molecule has 0 unspecified atom stereocenters. The van der Waals surface area contributed by atoms with Gasteiger partial charge >= 0.3 is 0 Å². The van der Waals surface area contributed by atoms with E-state index in [-0.39, 0.29) is 11.9 Å². The Labute approximate surface area is 133 Å². The molecule has 0 spiro atoms. The van der Waals surface area contributed by atoms with Crippen LogP contribution in [0.2, 0.25) is 0 Å². The Hall–Kier alpha value is -2.82. The quantitative estimate of drug-likeness (QED) is 0.683. The number of carbonyl (C=O) groups is 1. The summed E-state index contributed by atoms with van der Waals surface area (Å²) in [5, 5.41) is 0. The monoisotopic (exact) mass is 310 g/mol. The van der Waals surface area contributed by atoms with E-state index >= 15 is 0 Å². The minimum atomic E-state index is -0.322. The van der Waals surface area contributed by atoms with E-state index < -0.39 is 0 Å². The Kier molecular flexibility index (Phi) is 4.02. The Morgan fingerprint density at radius 2 is 1.78 bits per heavy atom. The summed E-state index contributed by atoms with van der Waals surface area (Å²) in [6.07, 6.45) is 0.687. The summed E-state index contributed by atoms with van der Waals surface area (Å²) in [7, 11) is 0. The van der Waals surface area contributed by atoms with Gasteiger partial charge in [0.2, 0.25) is 5.88 Å². The van der Waals surface area contributed by atoms with Crippen molar-refractivity contribution in [2.24, 2.45) is 0 Å². The van der Waals surface area contributed by atoms with Gasteiger partial charge in [0.05, 0.1) is 17.1 Å². The summed E-state index contributed by atoms with van der Waals surface area (Å²) in [5.74, 6) is 0.0648. The van der Waals surface area contributed by atoms with Crippen molar-refractivity contribution in [2.45, 2.75) is 20.0 Å². The number of ether oxygens (including phenoxy) is 1. The van der Waals surface area contributed by atoms with Crippen molar-refractivity contribution in [2.75, 3.05) is 0 Å². The number of halogens is 1. The highest BCUT2D eigenvalue weighted by molar-refractivity contribution is 5.86. The number of carbonyl (C=O) groups excluding carboxylic acids is 1. The molecule has 116 valence electrons. The third-order valence-corrected chi connectivity index (χ3v) is 3.26. The molecule has 0 saturated carbocycles. The molecule has 4 nitrogen and oxygen atoms in total. The molecule has 0 radical (unpaired) electrons. The number of rotatable bonds is 4. The molecule has 1 aromatic heterocycles. The highest BCUT2D eigenvalue weighted by Gasteiger charge is 2.14. The molecule has 0 aliphatic carbocycles. The van der Waals surface area contributed by atoms with Gasteiger partial charge in [0.1, 0.15) is 17.8 Å². The van der Waals surface area contributed by atoms with E-state index in [2.05, 4.69) is 9.97 Å². The van der Waals surface area contributed by atoms with Crippen molar-refractivity contribution in [3.8, 4) is 17.1 Å². The molecule has 0 bridgehead atoms. The van der Waals surface area contributed by atoms with Gasteiger partial charge in [-0.1, -0.05) is 0 Å². The van der Waals surface area contributed by atoms with Crippen LogP contribution in [0.1, 0.15) is 24.2 Å². The molecule has 3 rings (SSSR count). The Bertz CT molecular complexity index is 861. The first-order chi connectivity index (χ1) is 11.1. The van der Waals surface area contributed by atoms with Crippen LogP contribution in [0.5, 0.6) is 5.88 Å². The summed E-state index contributed by atoms with van der Waals surface area (Å²) >= 11 is 0. The highest BCUT2D eigenvalue weighted by Crippen LogP contribution is 2.29. The number of nitrogens with zero attached hydrogens (tertiary/aromatic N) is 2. The van der Waals surface area contributed by atoms with Crippen LogP contribution < -0.4 is 4.74 Å². The van der Waals surface area contributed by atoms with E-state index in [0.717, 1.165) is 6.29 Å². The van der Waals surface area contributed by atoms with E-state index in [4.69, 9.17) is 4.74 Å². The molecule has 23 heavy (non-hydrogen) atoms. The van der Waals surface area contributed by atoms with Gasteiger partial charge in [-0.2, -0.15) is 0 Å². The lowest BCUT2D eigenvalue weighted by atomic mass is 10.1. The molecule has 0 atom stereocenters. The average Bonchev–Trinajstić information content (AvgIpc) is 2.54. The smallest absolute Gasteiger partial charge is 0.241 e. The highest BCUT2D eigenvalue weighted by atomic mass is 19.1. The largest absolute Gasteiger partial charge is 0.473 e. The molecule has 1 heterocycles. The van der Waals surface area contributed by atoms with Crippen molar-refractivity contribution in [3.05, 3.63) is 53.8 Å². The van der Waals surface area contributed by atoms with Gasteiger partial charge in [0.15, 0.2) is 0 Å². The number of aldehydes is 1. The average molecular weight is 310 g/mol. The number of benzene rings is 2. The second kappa shape index (κ2) is 6.12. The topological polar surface area (TPSA) is 52.1 Å².